The van der Waals surface area contributed by atoms with Crippen molar-refractivity contribution in [3.63, 3.8) is 0 Å². The molecule has 32 heavy (non-hydrogen) atoms. The summed E-state index contributed by atoms with van der Waals surface area (Å²) in [5, 5.41) is 0. The molecular formula is C24H56N2O4Si2. The van der Waals surface area contributed by atoms with Crippen LogP contribution in [0.4, 0.5) is 0 Å². The highest BCUT2D eigenvalue weighted by atomic mass is 28.3. The molecule has 194 valence electrons. The van der Waals surface area contributed by atoms with Crippen LogP contribution < -0.4 is 5.73 Å². The SMILES string of the molecule is CO[SiH](OC)C(C)CCN(CCCCCCCCCCCCN)CCC(C)[SiH](OC)OC. The van der Waals surface area contributed by atoms with E-state index in [0.29, 0.717) is 11.1 Å². The van der Waals surface area contributed by atoms with Gasteiger partial charge in [-0.1, -0.05) is 65.2 Å². The summed E-state index contributed by atoms with van der Waals surface area (Å²) < 4.78 is 22.4. The number of hydrogen-bond acceptors (Lipinski definition) is 6. The smallest absolute Gasteiger partial charge is 0.323 e. The van der Waals surface area contributed by atoms with Crippen molar-refractivity contribution in [2.24, 2.45) is 5.73 Å². The molecule has 0 bridgehead atoms. The monoisotopic (exact) mass is 492 g/mol. The Morgan fingerprint density at radius 1 is 0.562 bits per heavy atom. The lowest BCUT2D eigenvalue weighted by atomic mass is 10.1. The van der Waals surface area contributed by atoms with Crippen LogP contribution in [0.15, 0.2) is 0 Å². The van der Waals surface area contributed by atoms with Gasteiger partial charge < -0.3 is 28.3 Å². The Labute approximate surface area is 203 Å². The standard InChI is InChI=1S/C24H56N2O4Si2/c1-23(31(27-3)28-4)17-21-26(22-18-24(2)32(29-5)30-6)20-16-14-12-10-8-7-9-11-13-15-19-25/h23-24,31-32H,7-22,25H2,1-6H3. The van der Waals surface area contributed by atoms with E-state index in [1.807, 2.05) is 0 Å². The van der Waals surface area contributed by atoms with E-state index in [4.69, 9.17) is 23.4 Å². The topological polar surface area (TPSA) is 66.2 Å². The van der Waals surface area contributed by atoms with Gasteiger partial charge in [0, 0.05) is 28.4 Å². The second-order valence-corrected chi connectivity index (χ2v) is 15.0. The predicted octanol–water partition coefficient (Wildman–Crippen LogP) is 4.74. The van der Waals surface area contributed by atoms with Crippen LogP contribution in [0.1, 0.15) is 90.9 Å². The lowest BCUT2D eigenvalue weighted by Gasteiger charge is -2.27. The second-order valence-electron chi connectivity index (χ2n) is 9.38. The van der Waals surface area contributed by atoms with Gasteiger partial charge in [0.1, 0.15) is 0 Å². The van der Waals surface area contributed by atoms with Crippen LogP contribution in [0.25, 0.3) is 0 Å². The van der Waals surface area contributed by atoms with E-state index in [1.165, 1.54) is 70.8 Å². The number of rotatable bonds is 24. The van der Waals surface area contributed by atoms with Crippen molar-refractivity contribution < 1.29 is 17.7 Å². The first-order valence-corrected chi connectivity index (χ1v) is 16.3. The lowest BCUT2D eigenvalue weighted by molar-refractivity contribution is 0.228. The van der Waals surface area contributed by atoms with Crippen LogP contribution in [-0.2, 0) is 17.7 Å². The van der Waals surface area contributed by atoms with E-state index in [0.717, 1.165) is 32.5 Å². The third-order valence-corrected chi connectivity index (χ3v) is 11.0. The van der Waals surface area contributed by atoms with Gasteiger partial charge in [-0.05, 0) is 62.9 Å². The molecule has 0 aromatic carbocycles. The molecule has 0 aromatic rings. The van der Waals surface area contributed by atoms with Crippen LogP contribution in [0.5, 0.6) is 0 Å². The molecule has 0 spiro atoms. The fourth-order valence-electron chi connectivity index (χ4n) is 4.40. The number of nitrogens with zero attached hydrogens (tertiary/aromatic N) is 1. The van der Waals surface area contributed by atoms with Gasteiger partial charge in [-0.25, -0.2) is 0 Å². The Hall–Kier alpha value is 0.194. The largest absolute Gasteiger partial charge is 0.400 e. The minimum atomic E-state index is -1.54. The summed E-state index contributed by atoms with van der Waals surface area (Å²) >= 11 is 0. The Morgan fingerprint density at radius 2 is 0.906 bits per heavy atom. The van der Waals surface area contributed by atoms with Gasteiger partial charge in [-0.2, -0.15) is 0 Å². The summed E-state index contributed by atoms with van der Waals surface area (Å²) in [6.07, 6.45) is 15.7. The highest BCUT2D eigenvalue weighted by Crippen LogP contribution is 2.20. The molecule has 0 aliphatic carbocycles. The van der Waals surface area contributed by atoms with Crippen molar-refractivity contribution in [1.82, 2.24) is 4.90 Å². The molecule has 0 aromatic heterocycles. The van der Waals surface area contributed by atoms with Gasteiger partial charge in [-0.3, -0.25) is 0 Å². The fourth-order valence-corrected chi connectivity index (χ4v) is 7.48. The van der Waals surface area contributed by atoms with E-state index < -0.39 is 18.6 Å². The van der Waals surface area contributed by atoms with Crippen molar-refractivity contribution >= 4 is 18.6 Å². The lowest BCUT2D eigenvalue weighted by Crippen LogP contribution is -2.33. The Bertz CT molecular complexity index is 367. The molecule has 0 rings (SSSR count). The Morgan fingerprint density at radius 3 is 1.25 bits per heavy atom. The maximum atomic E-state index is 5.59. The third kappa shape index (κ3) is 16.8. The molecule has 2 atom stereocenters. The average Bonchev–Trinajstić information content (AvgIpc) is 2.80. The highest BCUT2D eigenvalue weighted by Gasteiger charge is 2.23. The summed E-state index contributed by atoms with van der Waals surface area (Å²) in [7, 11) is 4.08. The van der Waals surface area contributed by atoms with Crippen molar-refractivity contribution in [2.75, 3.05) is 54.6 Å². The van der Waals surface area contributed by atoms with Crippen molar-refractivity contribution in [3.8, 4) is 0 Å². The van der Waals surface area contributed by atoms with Crippen LogP contribution in [0.2, 0.25) is 11.1 Å². The molecule has 0 saturated carbocycles. The zero-order valence-electron chi connectivity index (χ0n) is 22.3. The minimum absolute atomic E-state index is 0.523. The molecule has 0 heterocycles. The zero-order chi connectivity index (χ0) is 24.0. The van der Waals surface area contributed by atoms with E-state index in [-0.39, 0.29) is 0 Å². The molecule has 0 saturated heterocycles. The van der Waals surface area contributed by atoms with E-state index in [1.54, 1.807) is 28.4 Å². The first-order chi connectivity index (χ1) is 15.5. The van der Waals surface area contributed by atoms with Gasteiger partial charge in [0.15, 0.2) is 0 Å². The summed E-state index contributed by atoms with van der Waals surface area (Å²) in [6, 6.07) is 0. The molecule has 6 nitrogen and oxygen atoms in total. The Balaban J connectivity index is 4.23. The summed E-state index contributed by atoms with van der Waals surface area (Å²) in [5.41, 5.74) is 6.60. The number of nitrogens with two attached hydrogens (primary N) is 1. The number of hydrogen-bond donors (Lipinski definition) is 1. The molecule has 8 heteroatoms. The second kappa shape index (κ2) is 23.0. The quantitative estimate of drug-likeness (QED) is 0.155. The van der Waals surface area contributed by atoms with Crippen LogP contribution in [0.3, 0.4) is 0 Å². The van der Waals surface area contributed by atoms with E-state index >= 15 is 0 Å². The zero-order valence-corrected chi connectivity index (χ0v) is 24.6. The van der Waals surface area contributed by atoms with Gasteiger partial charge >= 0.3 is 18.6 Å². The molecule has 0 aliphatic rings. The molecular weight excluding hydrogens is 436 g/mol. The van der Waals surface area contributed by atoms with E-state index in [2.05, 4.69) is 18.7 Å². The third-order valence-electron chi connectivity index (χ3n) is 6.59. The molecule has 0 radical (unpaired) electrons. The van der Waals surface area contributed by atoms with Crippen LogP contribution in [-0.4, -0.2) is 78.1 Å². The average molecular weight is 493 g/mol. The predicted molar refractivity (Wildman–Crippen MR) is 142 cm³/mol. The van der Waals surface area contributed by atoms with Gasteiger partial charge in [0.05, 0.1) is 0 Å². The summed E-state index contributed by atoms with van der Waals surface area (Å²) in [4.78, 5) is 2.65. The number of unbranched alkanes of at least 4 members (excludes halogenated alkanes) is 9. The fraction of sp³-hybridized carbons (Fsp3) is 1.00. The van der Waals surface area contributed by atoms with Crippen molar-refractivity contribution in [1.29, 1.82) is 0 Å². The van der Waals surface area contributed by atoms with E-state index in [9.17, 15) is 0 Å². The van der Waals surface area contributed by atoms with Crippen LogP contribution in [0, 0.1) is 0 Å². The normalized spacial score (nSPS) is 14.1. The first kappa shape index (κ1) is 32.2. The maximum absolute atomic E-state index is 5.59. The van der Waals surface area contributed by atoms with Crippen molar-refractivity contribution in [3.05, 3.63) is 0 Å². The molecule has 2 N–H and O–H groups in total. The molecule has 2 unspecified atom stereocenters. The van der Waals surface area contributed by atoms with Crippen molar-refractivity contribution in [2.45, 2.75) is 102 Å². The minimum Gasteiger partial charge on any atom is -0.400 e. The Kier molecular flexibility index (Phi) is 23.1. The first-order valence-electron chi connectivity index (χ1n) is 13.1. The van der Waals surface area contributed by atoms with Gasteiger partial charge in [0.25, 0.3) is 0 Å². The van der Waals surface area contributed by atoms with Gasteiger partial charge in [0.2, 0.25) is 0 Å². The van der Waals surface area contributed by atoms with Gasteiger partial charge in [-0.15, -0.1) is 0 Å². The molecule has 0 fully saturated rings. The maximum Gasteiger partial charge on any atom is 0.323 e. The molecule has 0 aliphatic heterocycles. The highest BCUT2D eigenvalue weighted by molar-refractivity contribution is 6.46. The van der Waals surface area contributed by atoms with Crippen LogP contribution >= 0.6 is 0 Å². The molecule has 0 amide bonds. The summed E-state index contributed by atoms with van der Waals surface area (Å²) in [6.45, 7) is 8.84. The summed E-state index contributed by atoms with van der Waals surface area (Å²) in [5.74, 6) is 0.